The highest BCUT2D eigenvalue weighted by atomic mass is 35.5. The first-order chi connectivity index (χ1) is 12.4. The first-order valence-electron chi connectivity index (χ1n) is 8.16. The maximum Gasteiger partial charge on any atom is 0.356 e. The number of carboxylic acids is 1. The highest BCUT2D eigenvalue weighted by molar-refractivity contribution is 6.44. The molecule has 1 saturated heterocycles. The van der Waals surface area contributed by atoms with Gasteiger partial charge in [-0.05, 0) is 31.9 Å². The Bertz CT molecular complexity index is 845. The second kappa shape index (κ2) is 7.55. The van der Waals surface area contributed by atoms with E-state index in [1.54, 1.807) is 19.1 Å². The van der Waals surface area contributed by atoms with Gasteiger partial charge in [0.25, 0.3) is 5.91 Å². The molecule has 1 fully saturated rings. The SMILES string of the molecule is Cc1[nH]c(C(=O)NC2CCN(c3cccnc3C(=O)O)CC2)c(Cl)c1Cl. The molecule has 0 radical (unpaired) electrons. The zero-order valence-electron chi connectivity index (χ0n) is 14.1. The molecule has 1 aliphatic rings. The third kappa shape index (κ3) is 3.64. The maximum atomic E-state index is 12.4. The number of H-pyrrole nitrogens is 1. The van der Waals surface area contributed by atoms with Crippen molar-refractivity contribution < 1.29 is 14.7 Å². The lowest BCUT2D eigenvalue weighted by molar-refractivity contribution is 0.0691. The summed E-state index contributed by atoms with van der Waals surface area (Å²) in [4.78, 5) is 32.5. The highest BCUT2D eigenvalue weighted by Gasteiger charge is 2.26. The number of nitrogens with one attached hydrogen (secondary N) is 2. The average Bonchev–Trinajstić information content (AvgIpc) is 2.90. The number of aromatic nitrogens is 2. The van der Waals surface area contributed by atoms with Gasteiger partial charge in [-0.1, -0.05) is 23.2 Å². The van der Waals surface area contributed by atoms with Crippen LogP contribution in [0.4, 0.5) is 5.69 Å². The van der Waals surface area contributed by atoms with Crippen molar-refractivity contribution in [3.63, 3.8) is 0 Å². The largest absolute Gasteiger partial charge is 0.476 e. The Balaban J connectivity index is 1.63. The zero-order chi connectivity index (χ0) is 18.8. The third-order valence-corrected chi connectivity index (χ3v) is 5.39. The van der Waals surface area contributed by atoms with Crippen LogP contribution >= 0.6 is 23.2 Å². The van der Waals surface area contributed by atoms with Gasteiger partial charge < -0.3 is 20.3 Å². The molecule has 2 aromatic heterocycles. The summed E-state index contributed by atoms with van der Waals surface area (Å²) >= 11 is 12.1. The highest BCUT2D eigenvalue weighted by Crippen LogP contribution is 2.29. The molecule has 1 amide bonds. The molecule has 138 valence electrons. The number of pyridine rings is 1. The van der Waals surface area contributed by atoms with Crippen molar-refractivity contribution in [2.45, 2.75) is 25.8 Å². The summed E-state index contributed by atoms with van der Waals surface area (Å²) in [6, 6.07) is 3.44. The summed E-state index contributed by atoms with van der Waals surface area (Å²) in [5, 5.41) is 12.8. The molecule has 0 saturated carbocycles. The first-order valence-corrected chi connectivity index (χ1v) is 8.91. The van der Waals surface area contributed by atoms with E-state index in [0.717, 1.165) is 0 Å². The molecule has 3 N–H and O–H groups in total. The Morgan fingerprint density at radius 2 is 2.00 bits per heavy atom. The van der Waals surface area contributed by atoms with Crippen LogP contribution in [0.1, 0.15) is 39.5 Å². The van der Waals surface area contributed by atoms with Gasteiger partial charge in [0, 0.05) is 31.0 Å². The van der Waals surface area contributed by atoms with E-state index >= 15 is 0 Å². The number of anilines is 1. The van der Waals surface area contributed by atoms with Crippen molar-refractivity contribution in [2.75, 3.05) is 18.0 Å². The standard InChI is InChI=1S/C17H18Cl2N4O3/c1-9-12(18)13(19)15(21-9)16(24)22-10-4-7-23(8-5-10)11-3-2-6-20-14(11)17(25)26/h2-3,6,10,21H,4-5,7-8H2,1H3,(H,22,24)(H,25,26). The van der Waals surface area contributed by atoms with Crippen molar-refractivity contribution in [1.82, 2.24) is 15.3 Å². The van der Waals surface area contributed by atoms with Crippen molar-refractivity contribution in [3.05, 3.63) is 45.5 Å². The Morgan fingerprint density at radius 1 is 1.31 bits per heavy atom. The molecule has 26 heavy (non-hydrogen) atoms. The molecule has 3 rings (SSSR count). The zero-order valence-corrected chi connectivity index (χ0v) is 15.6. The molecule has 0 unspecified atom stereocenters. The van der Waals surface area contributed by atoms with E-state index in [4.69, 9.17) is 23.2 Å². The van der Waals surface area contributed by atoms with Gasteiger partial charge >= 0.3 is 5.97 Å². The monoisotopic (exact) mass is 396 g/mol. The number of piperidine rings is 1. The number of carbonyl (C=O) groups is 2. The smallest absolute Gasteiger partial charge is 0.356 e. The second-order valence-electron chi connectivity index (χ2n) is 6.16. The van der Waals surface area contributed by atoms with Crippen LogP contribution in [-0.4, -0.2) is 46.1 Å². The number of carboxylic acid groups (broad SMARTS) is 1. The number of halogens is 2. The Labute approximate surface area is 160 Å². The molecule has 7 nitrogen and oxygen atoms in total. The Kier molecular flexibility index (Phi) is 5.38. The topological polar surface area (TPSA) is 98.3 Å². The van der Waals surface area contributed by atoms with Crippen LogP contribution in [0.2, 0.25) is 10.0 Å². The summed E-state index contributed by atoms with van der Waals surface area (Å²) < 4.78 is 0. The van der Waals surface area contributed by atoms with Crippen LogP contribution in [0, 0.1) is 6.92 Å². The van der Waals surface area contributed by atoms with Gasteiger partial charge in [-0.3, -0.25) is 4.79 Å². The van der Waals surface area contributed by atoms with E-state index in [1.165, 1.54) is 6.20 Å². The molecule has 0 bridgehead atoms. The fourth-order valence-electron chi connectivity index (χ4n) is 3.07. The van der Waals surface area contributed by atoms with Crippen LogP contribution in [-0.2, 0) is 0 Å². The van der Waals surface area contributed by atoms with E-state index in [9.17, 15) is 14.7 Å². The Hall–Kier alpha value is -2.25. The Morgan fingerprint density at radius 3 is 2.58 bits per heavy atom. The van der Waals surface area contributed by atoms with Gasteiger partial charge in [0.2, 0.25) is 0 Å². The number of rotatable bonds is 4. The number of nitrogens with zero attached hydrogens (tertiary/aromatic N) is 2. The van der Waals surface area contributed by atoms with Crippen molar-refractivity contribution in [2.24, 2.45) is 0 Å². The second-order valence-corrected chi connectivity index (χ2v) is 6.92. The van der Waals surface area contributed by atoms with Gasteiger partial charge in [-0.25, -0.2) is 9.78 Å². The lowest BCUT2D eigenvalue weighted by Crippen LogP contribution is -2.45. The molecule has 2 aromatic rings. The molecular weight excluding hydrogens is 379 g/mol. The minimum atomic E-state index is -1.05. The van der Waals surface area contributed by atoms with Gasteiger partial charge in [-0.2, -0.15) is 0 Å². The summed E-state index contributed by atoms with van der Waals surface area (Å²) in [5.74, 6) is -1.35. The fourth-order valence-corrected chi connectivity index (χ4v) is 3.48. The van der Waals surface area contributed by atoms with Gasteiger partial charge in [-0.15, -0.1) is 0 Å². The molecule has 0 aromatic carbocycles. The molecule has 9 heteroatoms. The minimum Gasteiger partial charge on any atom is -0.476 e. The maximum absolute atomic E-state index is 12.4. The van der Waals surface area contributed by atoms with Crippen LogP contribution in [0.3, 0.4) is 0 Å². The van der Waals surface area contributed by atoms with Crippen molar-refractivity contribution in [1.29, 1.82) is 0 Å². The van der Waals surface area contributed by atoms with E-state index < -0.39 is 5.97 Å². The summed E-state index contributed by atoms with van der Waals surface area (Å²) in [7, 11) is 0. The number of hydrogen-bond donors (Lipinski definition) is 3. The average molecular weight is 397 g/mol. The lowest BCUT2D eigenvalue weighted by atomic mass is 10.0. The summed E-state index contributed by atoms with van der Waals surface area (Å²) in [6.07, 6.45) is 2.84. The van der Waals surface area contributed by atoms with Crippen LogP contribution in [0.15, 0.2) is 18.3 Å². The molecule has 0 aliphatic carbocycles. The quantitative estimate of drug-likeness (QED) is 0.737. The number of hydrogen-bond acceptors (Lipinski definition) is 4. The molecular formula is C17H18Cl2N4O3. The lowest BCUT2D eigenvalue weighted by Gasteiger charge is -2.34. The number of aromatic carboxylic acids is 1. The molecule has 0 spiro atoms. The molecule has 0 atom stereocenters. The summed E-state index contributed by atoms with van der Waals surface area (Å²) in [6.45, 7) is 2.99. The predicted octanol–water partition coefficient (Wildman–Crippen LogP) is 3.12. The van der Waals surface area contributed by atoms with E-state index in [0.29, 0.717) is 42.3 Å². The van der Waals surface area contributed by atoms with E-state index in [2.05, 4.69) is 15.3 Å². The van der Waals surface area contributed by atoms with Crippen molar-refractivity contribution in [3.8, 4) is 0 Å². The first kappa shape index (κ1) is 18.5. The predicted molar refractivity (Wildman–Crippen MR) is 99.4 cm³/mol. The van der Waals surface area contributed by atoms with E-state index in [-0.39, 0.29) is 28.4 Å². The van der Waals surface area contributed by atoms with Gasteiger partial charge in [0.1, 0.15) is 5.69 Å². The van der Waals surface area contributed by atoms with Gasteiger partial charge in [0.15, 0.2) is 5.69 Å². The van der Waals surface area contributed by atoms with Crippen LogP contribution in [0.25, 0.3) is 0 Å². The molecule has 3 heterocycles. The number of aryl methyl sites for hydroxylation is 1. The van der Waals surface area contributed by atoms with Crippen LogP contribution < -0.4 is 10.2 Å². The fraction of sp³-hybridized carbons (Fsp3) is 0.353. The normalized spacial score (nSPS) is 15.1. The molecule has 1 aliphatic heterocycles. The number of carbonyl (C=O) groups excluding carboxylic acids is 1. The minimum absolute atomic E-state index is 0.0258. The number of aromatic amines is 1. The van der Waals surface area contributed by atoms with Crippen LogP contribution in [0.5, 0.6) is 0 Å². The third-order valence-electron chi connectivity index (χ3n) is 4.44. The van der Waals surface area contributed by atoms with Gasteiger partial charge in [0.05, 0.1) is 15.7 Å². The van der Waals surface area contributed by atoms with Crippen molar-refractivity contribution >= 4 is 40.8 Å². The van der Waals surface area contributed by atoms with E-state index in [1.807, 2.05) is 4.90 Å². The number of amides is 1. The summed E-state index contributed by atoms with van der Waals surface area (Å²) in [5.41, 5.74) is 1.55.